The zero-order chi connectivity index (χ0) is 11.2. The molecule has 2 heterocycles. The van der Waals surface area contributed by atoms with E-state index in [0.717, 1.165) is 4.90 Å². The number of H-pyrrole nitrogens is 1. The molecule has 1 aromatic rings. The Labute approximate surface area is 86.9 Å². The van der Waals surface area contributed by atoms with Crippen molar-refractivity contribution in [1.82, 2.24) is 15.1 Å². The summed E-state index contributed by atoms with van der Waals surface area (Å²) in [5.74, 6) is -0.239. The molecule has 3 amide bonds. The summed E-state index contributed by atoms with van der Waals surface area (Å²) < 4.78 is 0. The maximum atomic E-state index is 12.0. The SMILES string of the molecule is CN1C(=O)N(c2cn[nH]c2)C(=O)C1(C)C. The quantitative estimate of drug-likeness (QED) is 0.686. The Kier molecular flexibility index (Phi) is 1.82. The highest BCUT2D eigenvalue weighted by Crippen LogP contribution is 2.29. The molecular weight excluding hydrogens is 196 g/mol. The Morgan fingerprint density at radius 2 is 2.07 bits per heavy atom. The number of nitrogens with one attached hydrogen (secondary N) is 1. The van der Waals surface area contributed by atoms with Gasteiger partial charge >= 0.3 is 6.03 Å². The van der Waals surface area contributed by atoms with Crippen molar-refractivity contribution in [2.75, 3.05) is 11.9 Å². The molecule has 0 unspecified atom stereocenters. The maximum Gasteiger partial charge on any atom is 0.332 e. The molecule has 0 aromatic carbocycles. The van der Waals surface area contributed by atoms with Gasteiger partial charge in [-0.25, -0.2) is 9.69 Å². The minimum atomic E-state index is -0.797. The first-order valence-electron chi connectivity index (χ1n) is 4.57. The van der Waals surface area contributed by atoms with Crippen LogP contribution < -0.4 is 4.90 Å². The van der Waals surface area contributed by atoms with E-state index in [9.17, 15) is 9.59 Å². The molecule has 2 rings (SSSR count). The molecule has 1 aliphatic heterocycles. The number of anilines is 1. The number of rotatable bonds is 1. The Bertz CT molecular complexity index is 410. The topological polar surface area (TPSA) is 69.3 Å². The van der Waals surface area contributed by atoms with E-state index in [1.807, 2.05) is 0 Å². The molecule has 0 saturated carbocycles. The molecule has 0 bridgehead atoms. The maximum absolute atomic E-state index is 12.0. The molecule has 15 heavy (non-hydrogen) atoms. The highest BCUT2D eigenvalue weighted by molar-refractivity contribution is 6.22. The molecule has 0 radical (unpaired) electrons. The molecule has 6 heteroatoms. The molecule has 80 valence electrons. The van der Waals surface area contributed by atoms with Crippen molar-refractivity contribution < 1.29 is 9.59 Å². The Morgan fingerprint density at radius 3 is 2.47 bits per heavy atom. The molecule has 0 spiro atoms. The lowest BCUT2D eigenvalue weighted by Crippen LogP contribution is -2.41. The predicted molar refractivity (Wildman–Crippen MR) is 53.3 cm³/mol. The van der Waals surface area contributed by atoms with Crippen molar-refractivity contribution in [3.05, 3.63) is 12.4 Å². The highest BCUT2D eigenvalue weighted by Gasteiger charge is 2.50. The second-order valence-corrected chi connectivity index (χ2v) is 4.00. The van der Waals surface area contributed by atoms with Crippen molar-refractivity contribution in [2.45, 2.75) is 19.4 Å². The summed E-state index contributed by atoms with van der Waals surface area (Å²) in [5.41, 5.74) is -0.323. The number of imide groups is 1. The molecule has 0 aliphatic carbocycles. The highest BCUT2D eigenvalue weighted by atomic mass is 16.2. The van der Waals surface area contributed by atoms with E-state index in [2.05, 4.69) is 10.2 Å². The van der Waals surface area contributed by atoms with Crippen molar-refractivity contribution in [3.8, 4) is 0 Å². The molecule has 6 nitrogen and oxygen atoms in total. The zero-order valence-electron chi connectivity index (χ0n) is 8.81. The van der Waals surface area contributed by atoms with E-state index >= 15 is 0 Å². The molecular formula is C9H12N4O2. The van der Waals surface area contributed by atoms with Crippen LogP contribution in [0.1, 0.15) is 13.8 Å². The molecule has 1 N–H and O–H groups in total. The molecule has 1 fully saturated rings. The van der Waals surface area contributed by atoms with Gasteiger partial charge in [0.2, 0.25) is 0 Å². The summed E-state index contributed by atoms with van der Waals surface area (Å²) >= 11 is 0. The Hall–Kier alpha value is -1.85. The van der Waals surface area contributed by atoms with Crippen LogP contribution in [0.3, 0.4) is 0 Å². The van der Waals surface area contributed by atoms with Crippen LogP contribution in [0.5, 0.6) is 0 Å². The molecule has 1 aliphatic rings. The van der Waals surface area contributed by atoms with Crippen LogP contribution in [-0.4, -0.2) is 39.6 Å². The van der Waals surface area contributed by atoms with Crippen molar-refractivity contribution in [3.63, 3.8) is 0 Å². The van der Waals surface area contributed by atoms with Crippen LogP contribution in [0, 0.1) is 0 Å². The largest absolute Gasteiger partial charge is 0.332 e. The van der Waals surface area contributed by atoms with Gasteiger partial charge in [-0.05, 0) is 13.8 Å². The van der Waals surface area contributed by atoms with Gasteiger partial charge in [0.15, 0.2) is 0 Å². The lowest BCUT2D eigenvalue weighted by molar-refractivity contribution is -0.123. The third-order valence-electron chi connectivity index (χ3n) is 2.79. The van der Waals surface area contributed by atoms with Crippen LogP contribution in [0.2, 0.25) is 0 Å². The van der Waals surface area contributed by atoms with E-state index < -0.39 is 5.54 Å². The number of carbonyl (C=O) groups is 2. The number of aromatic nitrogens is 2. The van der Waals surface area contributed by atoms with Crippen LogP contribution in [0.15, 0.2) is 12.4 Å². The normalized spacial score (nSPS) is 20.2. The van der Waals surface area contributed by atoms with Gasteiger partial charge in [0.25, 0.3) is 5.91 Å². The van der Waals surface area contributed by atoms with Crippen LogP contribution in [-0.2, 0) is 4.79 Å². The van der Waals surface area contributed by atoms with Gasteiger partial charge in [-0.1, -0.05) is 0 Å². The summed E-state index contributed by atoms with van der Waals surface area (Å²) in [7, 11) is 1.61. The smallest absolute Gasteiger partial charge is 0.313 e. The second kappa shape index (κ2) is 2.82. The summed E-state index contributed by atoms with van der Waals surface area (Å²) in [6, 6.07) is -0.327. The van der Waals surface area contributed by atoms with Gasteiger partial charge in [-0.15, -0.1) is 0 Å². The lowest BCUT2D eigenvalue weighted by atomic mass is 10.1. The molecule has 0 atom stereocenters. The number of hydrogen-bond acceptors (Lipinski definition) is 3. The van der Waals surface area contributed by atoms with Crippen LogP contribution in [0.25, 0.3) is 0 Å². The van der Waals surface area contributed by atoms with Gasteiger partial charge in [-0.3, -0.25) is 9.89 Å². The van der Waals surface area contributed by atoms with E-state index in [0.29, 0.717) is 5.69 Å². The van der Waals surface area contributed by atoms with E-state index in [4.69, 9.17) is 0 Å². The standard InChI is InChI=1S/C9H12N4O2/c1-9(2)7(14)13(8(15)12(9)3)6-4-10-11-5-6/h4-5H,1-3H3,(H,10,11). The molecule has 1 saturated heterocycles. The first-order valence-corrected chi connectivity index (χ1v) is 4.57. The lowest BCUT2D eigenvalue weighted by Gasteiger charge is -2.22. The van der Waals surface area contributed by atoms with E-state index in [-0.39, 0.29) is 11.9 Å². The minimum Gasteiger partial charge on any atom is -0.313 e. The number of carbonyl (C=O) groups excluding carboxylic acids is 2. The Balaban J connectivity index is 2.45. The fraction of sp³-hybridized carbons (Fsp3) is 0.444. The predicted octanol–water partition coefficient (Wildman–Crippen LogP) is 0.587. The minimum absolute atomic E-state index is 0.239. The number of amides is 3. The fourth-order valence-electron chi connectivity index (χ4n) is 1.49. The number of urea groups is 1. The summed E-state index contributed by atoms with van der Waals surface area (Å²) in [4.78, 5) is 26.3. The third kappa shape index (κ3) is 1.14. The zero-order valence-corrected chi connectivity index (χ0v) is 8.81. The van der Waals surface area contributed by atoms with Gasteiger partial charge in [0, 0.05) is 13.2 Å². The number of aromatic amines is 1. The van der Waals surface area contributed by atoms with Gasteiger partial charge in [-0.2, -0.15) is 5.10 Å². The average Bonchev–Trinajstić information content (AvgIpc) is 2.73. The van der Waals surface area contributed by atoms with E-state index in [1.165, 1.54) is 17.3 Å². The number of likely N-dealkylation sites (N-methyl/N-ethyl adjacent to an activating group) is 1. The van der Waals surface area contributed by atoms with Crippen LogP contribution >= 0.6 is 0 Å². The summed E-state index contributed by atoms with van der Waals surface area (Å²) in [6.45, 7) is 3.43. The van der Waals surface area contributed by atoms with Crippen molar-refractivity contribution in [2.24, 2.45) is 0 Å². The van der Waals surface area contributed by atoms with Crippen molar-refractivity contribution >= 4 is 17.6 Å². The fourth-order valence-corrected chi connectivity index (χ4v) is 1.49. The number of nitrogens with zero attached hydrogens (tertiary/aromatic N) is 3. The van der Waals surface area contributed by atoms with E-state index in [1.54, 1.807) is 20.9 Å². The monoisotopic (exact) mass is 208 g/mol. The molecule has 1 aromatic heterocycles. The summed E-state index contributed by atoms with van der Waals surface area (Å²) in [6.07, 6.45) is 2.97. The van der Waals surface area contributed by atoms with Gasteiger partial charge in [0.05, 0.1) is 11.9 Å². The third-order valence-corrected chi connectivity index (χ3v) is 2.79. The second-order valence-electron chi connectivity index (χ2n) is 4.00. The average molecular weight is 208 g/mol. The number of hydrogen-bond donors (Lipinski definition) is 1. The van der Waals surface area contributed by atoms with Crippen LogP contribution in [0.4, 0.5) is 10.5 Å². The van der Waals surface area contributed by atoms with Crippen molar-refractivity contribution in [1.29, 1.82) is 0 Å². The first-order chi connectivity index (χ1) is 6.96. The van der Waals surface area contributed by atoms with Gasteiger partial charge < -0.3 is 4.90 Å². The Morgan fingerprint density at radius 1 is 1.40 bits per heavy atom. The first kappa shape index (κ1) is 9.70. The summed E-state index contributed by atoms with van der Waals surface area (Å²) in [5, 5.41) is 6.29. The van der Waals surface area contributed by atoms with Gasteiger partial charge in [0.1, 0.15) is 5.54 Å².